The van der Waals surface area contributed by atoms with Gasteiger partial charge in [0.15, 0.2) is 5.60 Å². The van der Waals surface area contributed by atoms with Crippen LogP contribution in [0.3, 0.4) is 0 Å². The van der Waals surface area contributed by atoms with Crippen molar-refractivity contribution < 1.29 is 19.0 Å². The third kappa shape index (κ3) is 2.40. The van der Waals surface area contributed by atoms with Crippen molar-refractivity contribution >= 4 is 5.97 Å². The van der Waals surface area contributed by atoms with Crippen LogP contribution in [0, 0.1) is 12.3 Å². The molecule has 1 fully saturated rings. The van der Waals surface area contributed by atoms with Crippen LogP contribution in [0.1, 0.15) is 31.4 Å². The van der Waals surface area contributed by atoms with Gasteiger partial charge in [-0.15, -0.1) is 0 Å². The largest absolute Gasteiger partial charge is 0.496 e. The summed E-state index contributed by atoms with van der Waals surface area (Å²) in [5.74, 6) is 0.283. The molecule has 0 spiro atoms. The Morgan fingerprint density at radius 2 is 2.00 bits per heavy atom. The van der Waals surface area contributed by atoms with Crippen molar-refractivity contribution in [1.82, 2.24) is 0 Å². The zero-order valence-electron chi connectivity index (χ0n) is 12.8. The number of carbonyl (C=O) groups is 1. The van der Waals surface area contributed by atoms with Gasteiger partial charge in [-0.25, -0.2) is 4.79 Å². The number of benzene rings is 1. The van der Waals surface area contributed by atoms with E-state index in [2.05, 4.69) is 13.8 Å². The maximum atomic E-state index is 12.4. The number of rotatable bonds is 3. The standard InChI is InChI=1S/C16H22O4/c1-11-6-7-13(18-4)12(8-11)16(14(17)19-5)9-15(2,3)10-20-16/h6-8H,9-10H2,1-5H3. The molecular formula is C16H22O4. The average Bonchev–Trinajstić information content (AvgIpc) is 2.75. The van der Waals surface area contributed by atoms with Crippen LogP contribution in [0.15, 0.2) is 18.2 Å². The van der Waals surface area contributed by atoms with Gasteiger partial charge in [-0.05, 0) is 30.9 Å². The predicted octanol–water partition coefficient (Wildman–Crippen LogP) is 2.82. The minimum absolute atomic E-state index is 0.0804. The van der Waals surface area contributed by atoms with Gasteiger partial charge in [-0.3, -0.25) is 0 Å². The van der Waals surface area contributed by atoms with Crippen molar-refractivity contribution in [2.75, 3.05) is 20.8 Å². The molecule has 4 heteroatoms. The highest BCUT2D eigenvalue weighted by Gasteiger charge is 2.53. The fraction of sp³-hybridized carbons (Fsp3) is 0.562. The lowest BCUT2D eigenvalue weighted by Crippen LogP contribution is -2.37. The predicted molar refractivity (Wildman–Crippen MR) is 75.8 cm³/mol. The average molecular weight is 278 g/mol. The zero-order chi connectivity index (χ0) is 15.0. The Labute approximate surface area is 120 Å². The van der Waals surface area contributed by atoms with E-state index in [-0.39, 0.29) is 11.4 Å². The molecule has 4 nitrogen and oxygen atoms in total. The Bertz CT molecular complexity index is 521. The molecule has 0 N–H and O–H groups in total. The van der Waals surface area contributed by atoms with Crippen LogP contribution in [0.4, 0.5) is 0 Å². The molecule has 1 saturated heterocycles. The summed E-state index contributed by atoms with van der Waals surface area (Å²) in [6.45, 7) is 6.66. The first-order valence-corrected chi connectivity index (χ1v) is 6.72. The van der Waals surface area contributed by atoms with Gasteiger partial charge in [0.2, 0.25) is 0 Å². The van der Waals surface area contributed by atoms with Crippen molar-refractivity contribution in [1.29, 1.82) is 0 Å². The van der Waals surface area contributed by atoms with Crippen molar-refractivity contribution in [3.63, 3.8) is 0 Å². The van der Waals surface area contributed by atoms with Crippen LogP contribution < -0.4 is 4.74 Å². The van der Waals surface area contributed by atoms with Crippen LogP contribution in [-0.4, -0.2) is 26.8 Å². The number of aryl methyl sites for hydroxylation is 1. The zero-order valence-corrected chi connectivity index (χ0v) is 12.8. The fourth-order valence-electron chi connectivity index (χ4n) is 2.81. The molecule has 110 valence electrons. The van der Waals surface area contributed by atoms with Gasteiger partial charge in [-0.2, -0.15) is 0 Å². The van der Waals surface area contributed by atoms with Gasteiger partial charge >= 0.3 is 5.97 Å². The molecule has 2 rings (SSSR count). The first kappa shape index (κ1) is 14.9. The smallest absolute Gasteiger partial charge is 0.342 e. The van der Waals surface area contributed by atoms with Crippen molar-refractivity contribution in [2.45, 2.75) is 32.8 Å². The highest BCUT2D eigenvalue weighted by atomic mass is 16.6. The second-order valence-electron chi connectivity index (χ2n) is 6.15. The molecule has 0 bridgehead atoms. The quantitative estimate of drug-likeness (QED) is 0.798. The van der Waals surface area contributed by atoms with Crippen LogP contribution in [0.2, 0.25) is 0 Å². The molecule has 1 unspecified atom stereocenters. The third-order valence-corrected chi connectivity index (χ3v) is 3.74. The minimum atomic E-state index is -1.07. The molecule has 1 aliphatic rings. The molecule has 1 heterocycles. The van der Waals surface area contributed by atoms with Crippen molar-refractivity contribution in [3.05, 3.63) is 29.3 Å². The summed E-state index contributed by atoms with van der Waals surface area (Å²) in [5.41, 5.74) is 0.647. The molecule has 0 radical (unpaired) electrons. The molecule has 0 aromatic heterocycles. The summed E-state index contributed by atoms with van der Waals surface area (Å²) in [4.78, 5) is 12.4. The van der Waals surface area contributed by atoms with E-state index in [4.69, 9.17) is 14.2 Å². The molecule has 1 aliphatic heterocycles. The van der Waals surface area contributed by atoms with Gasteiger partial charge < -0.3 is 14.2 Å². The minimum Gasteiger partial charge on any atom is -0.496 e. The Kier molecular flexibility index (Phi) is 3.78. The van der Waals surface area contributed by atoms with Gasteiger partial charge in [-0.1, -0.05) is 25.5 Å². The van der Waals surface area contributed by atoms with E-state index in [0.29, 0.717) is 18.8 Å². The molecular weight excluding hydrogens is 256 g/mol. The summed E-state index contributed by atoms with van der Waals surface area (Å²) < 4.78 is 16.4. The second-order valence-corrected chi connectivity index (χ2v) is 6.15. The van der Waals surface area contributed by atoms with Crippen LogP contribution in [-0.2, 0) is 19.9 Å². The number of carbonyl (C=O) groups excluding carboxylic acids is 1. The molecule has 20 heavy (non-hydrogen) atoms. The SMILES string of the molecule is COC(=O)C1(c2cc(C)ccc2OC)CC(C)(C)CO1. The van der Waals surface area contributed by atoms with E-state index in [1.807, 2.05) is 25.1 Å². The third-order valence-electron chi connectivity index (χ3n) is 3.74. The Balaban J connectivity index is 2.59. The Morgan fingerprint density at radius 3 is 2.50 bits per heavy atom. The number of methoxy groups -OCH3 is 2. The molecule has 1 aromatic rings. The van der Waals surface area contributed by atoms with Crippen molar-refractivity contribution in [2.24, 2.45) is 5.41 Å². The van der Waals surface area contributed by atoms with E-state index < -0.39 is 5.60 Å². The molecule has 0 aliphatic carbocycles. The molecule has 1 aromatic carbocycles. The normalized spacial score (nSPS) is 24.4. The van der Waals surface area contributed by atoms with Crippen LogP contribution >= 0.6 is 0 Å². The lowest BCUT2D eigenvalue weighted by atomic mass is 9.80. The van der Waals surface area contributed by atoms with E-state index in [0.717, 1.165) is 11.1 Å². The summed E-state index contributed by atoms with van der Waals surface area (Å²) in [6, 6.07) is 5.76. The van der Waals surface area contributed by atoms with E-state index in [9.17, 15) is 4.79 Å². The molecule has 0 saturated carbocycles. The first-order valence-electron chi connectivity index (χ1n) is 6.72. The van der Waals surface area contributed by atoms with Crippen LogP contribution in [0.5, 0.6) is 5.75 Å². The van der Waals surface area contributed by atoms with Crippen molar-refractivity contribution in [3.8, 4) is 5.75 Å². The van der Waals surface area contributed by atoms with Crippen LogP contribution in [0.25, 0.3) is 0 Å². The van der Waals surface area contributed by atoms with Gasteiger partial charge in [0.05, 0.1) is 20.8 Å². The summed E-state index contributed by atoms with van der Waals surface area (Å²) in [5, 5.41) is 0. The molecule has 1 atom stereocenters. The number of ether oxygens (including phenoxy) is 3. The maximum Gasteiger partial charge on any atom is 0.342 e. The topological polar surface area (TPSA) is 44.8 Å². The number of hydrogen-bond acceptors (Lipinski definition) is 4. The van der Waals surface area contributed by atoms with Gasteiger partial charge in [0.1, 0.15) is 5.75 Å². The summed E-state index contributed by atoms with van der Waals surface area (Å²) in [6.07, 6.45) is 0.576. The lowest BCUT2D eigenvalue weighted by molar-refractivity contribution is -0.165. The van der Waals surface area contributed by atoms with E-state index in [1.165, 1.54) is 7.11 Å². The second kappa shape index (κ2) is 5.09. The maximum absolute atomic E-state index is 12.4. The van der Waals surface area contributed by atoms with Gasteiger partial charge in [0.25, 0.3) is 0 Å². The molecule has 0 amide bonds. The number of esters is 1. The van der Waals surface area contributed by atoms with Gasteiger partial charge in [0, 0.05) is 5.56 Å². The summed E-state index contributed by atoms with van der Waals surface area (Å²) in [7, 11) is 2.99. The number of hydrogen-bond donors (Lipinski definition) is 0. The Morgan fingerprint density at radius 1 is 1.30 bits per heavy atom. The highest BCUT2D eigenvalue weighted by Crippen LogP contribution is 2.48. The monoisotopic (exact) mass is 278 g/mol. The Hall–Kier alpha value is -1.55. The summed E-state index contributed by atoms with van der Waals surface area (Å²) >= 11 is 0. The van der Waals surface area contributed by atoms with E-state index >= 15 is 0 Å². The first-order chi connectivity index (χ1) is 9.34. The fourth-order valence-corrected chi connectivity index (χ4v) is 2.81. The lowest BCUT2D eigenvalue weighted by Gasteiger charge is -2.28. The highest BCUT2D eigenvalue weighted by molar-refractivity contribution is 5.83. The van der Waals surface area contributed by atoms with E-state index in [1.54, 1.807) is 7.11 Å².